The predicted molar refractivity (Wildman–Crippen MR) is 84.3 cm³/mol. The van der Waals surface area contributed by atoms with Gasteiger partial charge in [0.2, 0.25) is 0 Å². The molecule has 1 aromatic carbocycles. The quantitative estimate of drug-likeness (QED) is 0.768. The van der Waals surface area contributed by atoms with E-state index in [-0.39, 0.29) is 16.6 Å². The number of amides is 1. The molecule has 1 amide bonds. The highest BCUT2D eigenvalue weighted by Gasteiger charge is 2.13. The van der Waals surface area contributed by atoms with Gasteiger partial charge in [-0.1, -0.05) is 35.3 Å². The predicted octanol–water partition coefficient (Wildman–Crippen LogP) is 3.21. The van der Waals surface area contributed by atoms with E-state index in [0.29, 0.717) is 17.3 Å². The first kappa shape index (κ1) is 14.6. The zero-order chi connectivity index (χ0) is 15.5. The molecule has 0 bridgehead atoms. The third-order valence-corrected chi connectivity index (χ3v) is 3.51. The van der Waals surface area contributed by atoms with E-state index in [1.165, 1.54) is 6.20 Å². The van der Waals surface area contributed by atoms with E-state index in [9.17, 15) is 4.79 Å². The molecule has 0 unspecified atom stereocenters. The Bertz CT molecular complexity index is 794. The Labute approximate surface area is 136 Å². The lowest BCUT2D eigenvalue weighted by atomic mass is 10.2. The van der Waals surface area contributed by atoms with Gasteiger partial charge in [0.15, 0.2) is 0 Å². The lowest BCUT2D eigenvalue weighted by Gasteiger charge is -2.02. The summed E-state index contributed by atoms with van der Waals surface area (Å²) in [6.07, 6.45) is 4.68. The normalized spacial score (nSPS) is 10.6. The number of rotatable bonds is 4. The molecule has 2 heterocycles. The highest BCUT2D eigenvalue weighted by atomic mass is 35.5. The molecule has 0 saturated heterocycles. The number of hydrogen-bond acceptors (Lipinski definition) is 3. The van der Waals surface area contributed by atoms with E-state index >= 15 is 0 Å². The minimum atomic E-state index is -0.367. The van der Waals surface area contributed by atoms with E-state index in [4.69, 9.17) is 23.2 Å². The fourth-order valence-corrected chi connectivity index (χ4v) is 2.22. The van der Waals surface area contributed by atoms with Gasteiger partial charge in [0.25, 0.3) is 5.91 Å². The first-order valence-electron chi connectivity index (χ1n) is 6.39. The Morgan fingerprint density at radius 3 is 2.68 bits per heavy atom. The van der Waals surface area contributed by atoms with Crippen LogP contribution in [0.1, 0.15) is 16.1 Å². The second-order valence-electron chi connectivity index (χ2n) is 4.60. The van der Waals surface area contributed by atoms with Gasteiger partial charge in [0.1, 0.15) is 5.69 Å². The van der Waals surface area contributed by atoms with Crippen LogP contribution >= 0.6 is 23.2 Å². The highest BCUT2D eigenvalue weighted by Crippen LogP contribution is 2.15. The van der Waals surface area contributed by atoms with E-state index in [0.717, 1.165) is 5.56 Å². The van der Waals surface area contributed by atoms with Gasteiger partial charge in [-0.15, -0.1) is 0 Å². The first-order valence-corrected chi connectivity index (χ1v) is 7.14. The van der Waals surface area contributed by atoms with Gasteiger partial charge in [-0.2, -0.15) is 10.2 Å². The van der Waals surface area contributed by atoms with Crippen LogP contribution in [0.4, 0.5) is 5.69 Å². The van der Waals surface area contributed by atoms with Gasteiger partial charge in [0.05, 0.1) is 29.6 Å². The number of hydrogen-bond donors (Lipinski definition) is 2. The standard InChI is InChI=1S/C14H11Cl2N5O/c15-10-3-1-9(2-4-10)7-21-8-11(5-18-21)19-14(22)13-12(16)6-17-20-13/h1-6,8H,7H2,(H,17,20)(H,19,22). The molecule has 3 rings (SSSR count). The molecule has 0 atom stereocenters. The number of carbonyl (C=O) groups excluding carboxylic acids is 1. The first-order chi connectivity index (χ1) is 10.6. The van der Waals surface area contributed by atoms with Gasteiger partial charge in [-0.3, -0.25) is 14.6 Å². The second-order valence-corrected chi connectivity index (χ2v) is 5.44. The maximum absolute atomic E-state index is 12.0. The summed E-state index contributed by atoms with van der Waals surface area (Å²) < 4.78 is 1.72. The third-order valence-electron chi connectivity index (χ3n) is 2.97. The van der Waals surface area contributed by atoms with Crippen molar-refractivity contribution in [2.24, 2.45) is 0 Å². The SMILES string of the molecule is O=C(Nc1cnn(Cc2ccc(Cl)cc2)c1)c1[nH]ncc1Cl. The molecule has 0 aliphatic rings. The maximum Gasteiger partial charge on any atom is 0.275 e. The summed E-state index contributed by atoms with van der Waals surface area (Å²) in [5.41, 5.74) is 1.85. The van der Waals surface area contributed by atoms with Gasteiger partial charge >= 0.3 is 0 Å². The molecule has 8 heteroatoms. The fraction of sp³-hybridized carbons (Fsp3) is 0.0714. The van der Waals surface area contributed by atoms with Gasteiger partial charge in [-0.05, 0) is 17.7 Å². The molecule has 22 heavy (non-hydrogen) atoms. The average molecular weight is 336 g/mol. The topological polar surface area (TPSA) is 75.6 Å². The smallest absolute Gasteiger partial charge is 0.275 e. The zero-order valence-electron chi connectivity index (χ0n) is 11.3. The summed E-state index contributed by atoms with van der Waals surface area (Å²) in [5.74, 6) is -0.367. The molecule has 2 N–H and O–H groups in total. The number of aromatic nitrogens is 4. The molecule has 6 nitrogen and oxygen atoms in total. The average Bonchev–Trinajstić information content (AvgIpc) is 3.10. The molecule has 0 spiro atoms. The number of anilines is 1. The minimum Gasteiger partial charge on any atom is -0.318 e. The number of carbonyl (C=O) groups is 1. The summed E-state index contributed by atoms with van der Waals surface area (Å²) >= 11 is 11.7. The lowest BCUT2D eigenvalue weighted by molar-refractivity contribution is 0.102. The van der Waals surface area contributed by atoms with Crippen molar-refractivity contribution in [2.45, 2.75) is 6.54 Å². The monoisotopic (exact) mass is 335 g/mol. The Hall–Kier alpha value is -2.31. The molecule has 0 aliphatic carbocycles. The summed E-state index contributed by atoms with van der Waals surface area (Å²) in [7, 11) is 0. The largest absolute Gasteiger partial charge is 0.318 e. The summed E-state index contributed by atoms with van der Waals surface area (Å²) in [5, 5.41) is 14.1. The fourth-order valence-electron chi connectivity index (χ4n) is 1.92. The van der Waals surface area contributed by atoms with E-state index in [1.54, 1.807) is 17.1 Å². The van der Waals surface area contributed by atoms with Crippen molar-refractivity contribution in [3.63, 3.8) is 0 Å². The Morgan fingerprint density at radius 1 is 1.23 bits per heavy atom. The Kier molecular flexibility index (Phi) is 4.13. The number of benzene rings is 1. The number of H-pyrrole nitrogens is 1. The summed E-state index contributed by atoms with van der Waals surface area (Å²) in [6.45, 7) is 0.581. The molecular weight excluding hydrogens is 325 g/mol. The van der Waals surface area contributed by atoms with Crippen molar-refractivity contribution < 1.29 is 4.79 Å². The highest BCUT2D eigenvalue weighted by molar-refractivity contribution is 6.34. The van der Waals surface area contributed by atoms with E-state index < -0.39 is 0 Å². The second kappa shape index (κ2) is 6.21. The van der Waals surface area contributed by atoms with Crippen molar-refractivity contribution in [2.75, 3.05) is 5.32 Å². The van der Waals surface area contributed by atoms with Crippen LogP contribution in [0, 0.1) is 0 Å². The van der Waals surface area contributed by atoms with E-state index in [2.05, 4.69) is 20.6 Å². The number of halogens is 2. The van der Waals surface area contributed by atoms with Crippen LogP contribution in [-0.4, -0.2) is 25.9 Å². The van der Waals surface area contributed by atoms with Crippen molar-refractivity contribution in [3.05, 3.63) is 64.2 Å². The van der Waals surface area contributed by atoms with Crippen molar-refractivity contribution in [1.82, 2.24) is 20.0 Å². The summed E-state index contributed by atoms with van der Waals surface area (Å²) in [6, 6.07) is 7.49. The maximum atomic E-state index is 12.0. The lowest BCUT2D eigenvalue weighted by Crippen LogP contribution is -2.12. The molecule has 0 aliphatic heterocycles. The van der Waals surface area contributed by atoms with Crippen LogP contribution in [0.2, 0.25) is 10.0 Å². The number of aromatic amines is 1. The van der Waals surface area contributed by atoms with Gasteiger partial charge in [-0.25, -0.2) is 0 Å². The molecule has 2 aromatic heterocycles. The van der Waals surface area contributed by atoms with Crippen LogP contribution in [0.15, 0.2) is 42.9 Å². The van der Waals surface area contributed by atoms with Crippen LogP contribution in [0.5, 0.6) is 0 Å². The summed E-state index contributed by atoms with van der Waals surface area (Å²) in [4.78, 5) is 12.0. The van der Waals surface area contributed by atoms with E-state index in [1.807, 2.05) is 24.3 Å². The third kappa shape index (κ3) is 3.29. The van der Waals surface area contributed by atoms with Crippen LogP contribution in [0.3, 0.4) is 0 Å². The minimum absolute atomic E-state index is 0.215. The molecule has 112 valence electrons. The van der Waals surface area contributed by atoms with Gasteiger partial charge in [0, 0.05) is 11.2 Å². The Morgan fingerprint density at radius 2 is 2.00 bits per heavy atom. The zero-order valence-corrected chi connectivity index (χ0v) is 12.8. The van der Waals surface area contributed by atoms with Crippen molar-refractivity contribution in [3.8, 4) is 0 Å². The molecule has 3 aromatic rings. The van der Waals surface area contributed by atoms with Crippen LogP contribution < -0.4 is 5.32 Å². The van der Waals surface area contributed by atoms with Crippen molar-refractivity contribution in [1.29, 1.82) is 0 Å². The number of nitrogens with zero attached hydrogens (tertiary/aromatic N) is 3. The van der Waals surface area contributed by atoms with Crippen LogP contribution in [-0.2, 0) is 6.54 Å². The van der Waals surface area contributed by atoms with Gasteiger partial charge < -0.3 is 5.32 Å². The Balaban J connectivity index is 1.67. The molecule has 0 radical (unpaired) electrons. The van der Waals surface area contributed by atoms with Crippen molar-refractivity contribution >= 4 is 34.8 Å². The number of nitrogens with one attached hydrogen (secondary N) is 2. The molecule has 0 saturated carbocycles. The van der Waals surface area contributed by atoms with Crippen LogP contribution in [0.25, 0.3) is 0 Å². The molecular formula is C14H11Cl2N5O. The molecule has 0 fully saturated rings.